The van der Waals surface area contributed by atoms with Crippen molar-refractivity contribution in [3.8, 4) is 0 Å². The van der Waals surface area contributed by atoms with Crippen LogP contribution in [0.15, 0.2) is 66.9 Å². The lowest BCUT2D eigenvalue weighted by Gasteiger charge is -2.36. The Balaban J connectivity index is 1.24. The third kappa shape index (κ3) is 3.77. The molecular formula is C21H21N3O2. The van der Waals surface area contributed by atoms with Gasteiger partial charge < -0.3 is 15.4 Å². The monoisotopic (exact) mass is 347 g/mol. The number of benzene rings is 2. The Hall–Kier alpha value is -3.08. The molecule has 1 amide bonds. The molecule has 1 fully saturated rings. The molecule has 0 atom stereocenters. The summed E-state index contributed by atoms with van der Waals surface area (Å²) in [5.74, 6) is 0. The Kier molecular flexibility index (Phi) is 4.69. The highest BCUT2D eigenvalue weighted by Crippen LogP contribution is 2.28. The molecule has 1 aliphatic carbocycles. The van der Waals surface area contributed by atoms with Gasteiger partial charge in [0.25, 0.3) is 0 Å². The van der Waals surface area contributed by atoms with Crippen molar-refractivity contribution in [1.29, 1.82) is 0 Å². The van der Waals surface area contributed by atoms with E-state index in [1.807, 2.05) is 48.5 Å². The van der Waals surface area contributed by atoms with Gasteiger partial charge in [-0.15, -0.1) is 0 Å². The summed E-state index contributed by atoms with van der Waals surface area (Å²) in [6.45, 7) is 0.294. The molecule has 132 valence electrons. The second-order valence-corrected chi connectivity index (χ2v) is 6.60. The van der Waals surface area contributed by atoms with Gasteiger partial charge in [-0.2, -0.15) is 0 Å². The molecule has 5 nitrogen and oxygen atoms in total. The van der Waals surface area contributed by atoms with Crippen molar-refractivity contribution in [2.24, 2.45) is 0 Å². The molecule has 0 spiro atoms. The van der Waals surface area contributed by atoms with Gasteiger partial charge in [0.05, 0.1) is 11.2 Å². The van der Waals surface area contributed by atoms with E-state index in [9.17, 15) is 4.79 Å². The number of alkyl carbamates (subject to hydrolysis) is 1. The lowest BCUT2D eigenvalue weighted by atomic mass is 9.86. The van der Waals surface area contributed by atoms with Crippen LogP contribution in [0.2, 0.25) is 0 Å². The number of hydrogen-bond acceptors (Lipinski definition) is 4. The van der Waals surface area contributed by atoms with Crippen LogP contribution in [0.5, 0.6) is 0 Å². The molecule has 3 aromatic rings. The molecule has 0 aliphatic heterocycles. The van der Waals surface area contributed by atoms with Crippen molar-refractivity contribution in [3.63, 3.8) is 0 Å². The van der Waals surface area contributed by atoms with Crippen LogP contribution in [0.4, 0.5) is 10.5 Å². The Labute approximate surface area is 152 Å². The van der Waals surface area contributed by atoms with Gasteiger partial charge in [-0.3, -0.25) is 4.98 Å². The fraction of sp³-hybridized carbons (Fsp3) is 0.238. The summed E-state index contributed by atoms with van der Waals surface area (Å²) in [5.41, 5.74) is 3.01. The standard InChI is InChI=1S/C21H21N3O2/c25-21(26-14-15-6-2-1-3-7-15)24-18-12-17(13-18)23-19-10-4-8-16-9-5-11-22-20(16)19/h1-11,17-18,23H,12-14H2,(H,24,25). The van der Waals surface area contributed by atoms with Crippen LogP contribution in [-0.2, 0) is 11.3 Å². The Morgan fingerprint density at radius 3 is 2.65 bits per heavy atom. The predicted molar refractivity (Wildman–Crippen MR) is 102 cm³/mol. The molecule has 2 aromatic carbocycles. The first-order valence-electron chi connectivity index (χ1n) is 8.85. The second kappa shape index (κ2) is 7.44. The zero-order valence-corrected chi connectivity index (χ0v) is 14.4. The number of para-hydroxylation sites is 1. The lowest BCUT2D eigenvalue weighted by molar-refractivity contribution is 0.129. The Morgan fingerprint density at radius 2 is 1.81 bits per heavy atom. The van der Waals surface area contributed by atoms with E-state index in [4.69, 9.17) is 4.74 Å². The van der Waals surface area contributed by atoms with Crippen LogP contribution in [0.3, 0.4) is 0 Å². The van der Waals surface area contributed by atoms with E-state index in [1.165, 1.54) is 0 Å². The molecule has 5 heteroatoms. The summed E-state index contributed by atoms with van der Waals surface area (Å²) in [6.07, 6.45) is 3.21. The molecule has 0 unspecified atom stereocenters. The number of carbonyl (C=O) groups excluding carboxylic acids is 1. The van der Waals surface area contributed by atoms with Crippen molar-refractivity contribution in [1.82, 2.24) is 10.3 Å². The minimum Gasteiger partial charge on any atom is -0.445 e. The molecule has 0 saturated heterocycles. The number of rotatable bonds is 5. The molecule has 4 rings (SSSR count). The number of aromatic nitrogens is 1. The van der Waals surface area contributed by atoms with E-state index in [0.717, 1.165) is 35.0 Å². The maximum absolute atomic E-state index is 11.9. The smallest absolute Gasteiger partial charge is 0.407 e. The zero-order valence-electron chi connectivity index (χ0n) is 14.4. The minimum atomic E-state index is -0.357. The van der Waals surface area contributed by atoms with Crippen LogP contribution >= 0.6 is 0 Å². The van der Waals surface area contributed by atoms with Gasteiger partial charge in [0.2, 0.25) is 0 Å². The number of nitrogens with zero attached hydrogens (tertiary/aromatic N) is 1. The summed E-state index contributed by atoms with van der Waals surface area (Å²) < 4.78 is 5.27. The van der Waals surface area contributed by atoms with E-state index in [2.05, 4.69) is 27.8 Å². The Bertz CT molecular complexity index is 887. The van der Waals surface area contributed by atoms with Gasteiger partial charge in [0.1, 0.15) is 6.61 Å². The second-order valence-electron chi connectivity index (χ2n) is 6.60. The molecule has 0 bridgehead atoms. The van der Waals surface area contributed by atoms with Crippen molar-refractivity contribution in [3.05, 3.63) is 72.4 Å². The molecule has 26 heavy (non-hydrogen) atoms. The van der Waals surface area contributed by atoms with Crippen molar-refractivity contribution in [2.75, 3.05) is 5.32 Å². The molecule has 1 aliphatic rings. The lowest BCUT2D eigenvalue weighted by Crippen LogP contribution is -2.49. The average molecular weight is 347 g/mol. The highest BCUT2D eigenvalue weighted by Gasteiger charge is 2.31. The highest BCUT2D eigenvalue weighted by molar-refractivity contribution is 5.90. The van der Waals surface area contributed by atoms with Crippen molar-refractivity contribution < 1.29 is 9.53 Å². The van der Waals surface area contributed by atoms with E-state index >= 15 is 0 Å². The van der Waals surface area contributed by atoms with Crippen LogP contribution in [-0.4, -0.2) is 23.2 Å². The Morgan fingerprint density at radius 1 is 1.00 bits per heavy atom. The van der Waals surface area contributed by atoms with Gasteiger partial charge in [-0.25, -0.2) is 4.79 Å². The van der Waals surface area contributed by atoms with Gasteiger partial charge in [-0.05, 0) is 30.5 Å². The van der Waals surface area contributed by atoms with Gasteiger partial charge >= 0.3 is 6.09 Å². The first kappa shape index (κ1) is 16.4. The fourth-order valence-electron chi connectivity index (χ4n) is 3.23. The summed E-state index contributed by atoms with van der Waals surface area (Å²) in [4.78, 5) is 16.4. The average Bonchev–Trinajstić information content (AvgIpc) is 2.65. The summed E-state index contributed by atoms with van der Waals surface area (Å²) >= 11 is 0. The largest absolute Gasteiger partial charge is 0.445 e. The number of amides is 1. The molecule has 1 heterocycles. The third-order valence-electron chi connectivity index (χ3n) is 4.67. The molecule has 2 N–H and O–H groups in total. The summed E-state index contributed by atoms with van der Waals surface area (Å²) in [5, 5.41) is 7.57. The maximum atomic E-state index is 11.9. The maximum Gasteiger partial charge on any atom is 0.407 e. The number of hydrogen-bond donors (Lipinski definition) is 2. The highest BCUT2D eigenvalue weighted by atomic mass is 16.5. The number of pyridine rings is 1. The van der Waals surface area contributed by atoms with Crippen LogP contribution in [0.25, 0.3) is 10.9 Å². The van der Waals surface area contributed by atoms with Crippen LogP contribution < -0.4 is 10.6 Å². The SMILES string of the molecule is O=C(NC1CC(Nc2cccc3cccnc23)C1)OCc1ccccc1. The normalized spacial score (nSPS) is 18.8. The van der Waals surface area contributed by atoms with Gasteiger partial charge in [-0.1, -0.05) is 48.5 Å². The van der Waals surface area contributed by atoms with Crippen LogP contribution in [0.1, 0.15) is 18.4 Å². The molecule has 1 saturated carbocycles. The molecule has 0 radical (unpaired) electrons. The third-order valence-corrected chi connectivity index (χ3v) is 4.67. The van der Waals surface area contributed by atoms with E-state index in [-0.39, 0.29) is 12.1 Å². The van der Waals surface area contributed by atoms with E-state index in [0.29, 0.717) is 12.6 Å². The molecule has 1 aromatic heterocycles. The van der Waals surface area contributed by atoms with Crippen molar-refractivity contribution >= 4 is 22.7 Å². The number of ether oxygens (including phenoxy) is 1. The quantitative estimate of drug-likeness (QED) is 0.729. The van der Waals surface area contributed by atoms with E-state index in [1.54, 1.807) is 6.20 Å². The topological polar surface area (TPSA) is 63.2 Å². The van der Waals surface area contributed by atoms with Crippen molar-refractivity contribution in [2.45, 2.75) is 31.5 Å². The number of nitrogens with one attached hydrogen (secondary N) is 2. The zero-order chi connectivity index (χ0) is 17.8. The van der Waals surface area contributed by atoms with Crippen LogP contribution in [0, 0.1) is 0 Å². The number of carbonyl (C=O) groups is 1. The minimum absolute atomic E-state index is 0.152. The first-order chi connectivity index (χ1) is 12.8. The van der Waals surface area contributed by atoms with Gasteiger partial charge in [0.15, 0.2) is 0 Å². The van der Waals surface area contributed by atoms with E-state index < -0.39 is 0 Å². The summed E-state index contributed by atoms with van der Waals surface area (Å²) in [6, 6.07) is 20.3. The van der Waals surface area contributed by atoms with Gasteiger partial charge in [0, 0.05) is 23.7 Å². The number of fused-ring (bicyclic) bond motifs is 1. The predicted octanol–water partition coefficient (Wildman–Crippen LogP) is 4.10. The number of anilines is 1. The summed E-state index contributed by atoms with van der Waals surface area (Å²) in [7, 11) is 0. The first-order valence-corrected chi connectivity index (χ1v) is 8.85. The molecular weight excluding hydrogens is 326 g/mol. The fourth-order valence-corrected chi connectivity index (χ4v) is 3.23.